The third kappa shape index (κ3) is 3.64. The van der Waals surface area contributed by atoms with E-state index in [0.717, 1.165) is 33.7 Å². The van der Waals surface area contributed by atoms with Crippen LogP contribution in [0.25, 0.3) is 66.6 Å². The zero-order chi connectivity index (χ0) is 27.6. The summed E-state index contributed by atoms with van der Waals surface area (Å²) in [6.45, 7) is 4.63. The maximum atomic E-state index is 5.42. The third-order valence-electron chi connectivity index (χ3n) is 8.65. The van der Waals surface area contributed by atoms with Crippen LogP contribution in [0.3, 0.4) is 0 Å². The van der Waals surface area contributed by atoms with Gasteiger partial charge in [0.1, 0.15) is 0 Å². The van der Waals surface area contributed by atoms with Crippen molar-refractivity contribution in [1.29, 1.82) is 0 Å². The fourth-order valence-corrected chi connectivity index (χ4v) is 6.64. The molecule has 1 heterocycles. The Hall–Kier alpha value is -5.08. The highest BCUT2D eigenvalue weighted by atomic mass is 14.9. The van der Waals surface area contributed by atoms with Gasteiger partial charge in [-0.05, 0) is 44.3 Å². The number of rotatable bonds is 3. The number of fused-ring (bicyclic) bond motifs is 6. The van der Waals surface area contributed by atoms with Crippen LogP contribution in [0.15, 0.2) is 133 Å². The highest BCUT2D eigenvalue weighted by Gasteiger charge is 2.41. The van der Waals surface area contributed by atoms with Crippen molar-refractivity contribution >= 4 is 21.5 Å². The minimum absolute atomic E-state index is 0.260. The molecular weight excluding hydrogens is 496 g/mol. The maximum absolute atomic E-state index is 5.42. The Balaban J connectivity index is 1.47. The zero-order valence-corrected chi connectivity index (χ0v) is 23.1. The van der Waals surface area contributed by atoms with Gasteiger partial charge in [-0.1, -0.05) is 141 Å². The van der Waals surface area contributed by atoms with Crippen LogP contribution < -0.4 is 0 Å². The van der Waals surface area contributed by atoms with Crippen molar-refractivity contribution in [2.24, 2.45) is 0 Å². The quantitative estimate of drug-likeness (QED) is 0.230. The minimum Gasteiger partial charge on any atom is -0.228 e. The third-order valence-corrected chi connectivity index (χ3v) is 8.65. The summed E-state index contributed by atoms with van der Waals surface area (Å²) in [5, 5.41) is 4.82. The van der Waals surface area contributed by atoms with Crippen LogP contribution in [0.5, 0.6) is 0 Å². The number of hydrogen-bond acceptors (Lipinski definition) is 2. The van der Waals surface area contributed by atoms with Gasteiger partial charge in [0.25, 0.3) is 0 Å². The van der Waals surface area contributed by atoms with Crippen LogP contribution in [0.4, 0.5) is 0 Å². The Kier molecular flexibility index (Phi) is 5.20. The topological polar surface area (TPSA) is 25.8 Å². The van der Waals surface area contributed by atoms with Gasteiger partial charge in [-0.25, -0.2) is 9.97 Å². The molecule has 41 heavy (non-hydrogen) atoms. The molecule has 0 radical (unpaired) electrons. The van der Waals surface area contributed by atoms with Crippen LogP contribution >= 0.6 is 0 Å². The van der Waals surface area contributed by atoms with E-state index in [-0.39, 0.29) is 5.41 Å². The molecule has 0 spiro atoms. The smallest absolute Gasteiger partial charge is 0.161 e. The van der Waals surface area contributed by atoms with E-state index in [1.54, 1.807) is 0 Å². The van der Waals surface area contributed by atoms with Gasteiger partial charge < -0.3 is 0 Å². The van der Waals surface area contributed by atoms with Crippen molar-refractivity contribution in [2.75, 3.05) is 0 Å². The highest BCUT2D eigenvalue weighted by Crippen LogP contribution is 2.53. The first-order valence-electron chi connectivity index (χ1n) is 14.2. The van der Waals surface area contributed by atoms with Crippen LogP contribution in [-0.2, 0) is 5.41 Å². The largest absolute Gasteiger partial charge is 0.228 e. The second-order valence-electron chi connectivity index (χ2n) is 11.4. The molecule has 1 aliphatic rings. The normalized spacial score (nSPS) is 13.3. The Morgan fingerprint density at radius 2 is 1.10 bits per heavy atom. The molecule has 2 heteroatoms. The molecule has 1 aromatic heterocycles. The number of nitrogens with zero attached hydrogens (tertiary/aromatic N) is 2. The number of hydrogen-bond donors (Lipinski definition) is 0. The Morgan fingerprint density at radius 3 is 1.93 bits per heavy atom. The van der Waals surface area contributed by atoms with Crippen LogP contribution in [0.2, 0.25) is 0 Å². The molecule has 0 atom stereocenters. The van der Waals surface area contributed by atoms with Gasteiger partial charge >= 0.3 is 0 Å². The summed E-state index contributed by atoms with van der Waals surface area (Å²) in [6, 6.07) is 47.5. The average molecular weight is 525 g/mol. The average Bonchev–Trinajstić information content (AvgIpc) is 3.27. The van der Waals surface area contributed by atoms with E-state index in [2.05, 4.69) is 147 Å². The van der Waals surface area contributed by atoms with Crippen molar-refractivity contribution < 1.29 is 0 Å². The Morgan fingerprint density at radius 1 is 0.488 bits per heavy atom. The first-order valence-corrected chi connectivity index (χ1v) is 14.2. The van der Waals surface area contributed by atoms with Gasteiger partial charge in [0.05, 0.1) is 11.4 Å². The molecule has 7 aromatic rings. The Labute approximate surface area is 240 Å². The molecule has 0 saturated heterocycles. The first-order chi connectivity index (χ1) is 20.1. The van der Waals surface area contributed by atoms with Crippen molar-refractivity contribution in [3.8, 4) is 45.0 Å². The summed E-state index contributed by atoms with van der Waals surface area (Å²) in [4.78, 5) is 10.8. The van der Waals surface area contributed by atoms with Gasteiger partial charge in [0.2, 0.25) is 0 Å². The molecule has 0 unspecified atom stereocenters. The highest BCUT2D eigenvalue weighted by molar-refractivity contribution is 6.03. The lowest BCUT2D eigenvalue weighted by Crippen LogP contribution is -2.17. The molecule has 6 aromatic carbocycles. The zero-order valence-electron chi connectivity index (χ0n) is 23.1. The molecule has 0 fully saturated rings. The fourth-order valence-electron chi connectivity index (χ4n) is 6.64. The van der Waals surface area contributed by atoms with Crippen molar-refractivity contribution in [1.82, 2.24) is 9.97 Å². The summed E-state index contributed by atoms with van der Waals surface area (Å²) >= 11 is 0. The molecular formula is C39H28N2. The minimum atomic E-state index is -0.260. The van der Waals surface area contributed by atoms with Gasteiger partial charge in [-0.15, -0.1) is 0 Å². The summed E-state index contributed by atoms with van der Waals surface area (Å²) in [6.07, 6.45) is 0. The standard InChI is InChI=1S/C39H28N2/c1-39(2)33-23-22-27-15-7-9-20-31(27)34(33)37-35(39)36(29-18-10-17-28(24-29)25-12-4-3-5-13-25)40-38(41-37)32-21-11-16-26-14-6-8-19-30(26)32/h3-24H,1-2H3. The SMILES string of the molecule is CC1(C)c2ccc3ccccc3c2-c2nc(-c3cccc4ccccc34)nc(-c3cccc(-c4ccccc4)c3)c21. The molecule has 0 amide bonds. The molecule has 194 valence electrons. The van der Waals surface area contributed by atoms with E-state index < -0.39 is 0 Å². The second kappa shape index (κ2) is 8.97. The lowest BCUT2D eigenvalue weighted by atomic mass is 9.80. The maximum Gasteiger partial charge on any atom is 0.161 e. The van der Waals surface area contributed by atoms with E-state index >= 15 is 0 Å². The predicted molar refractivity (Wildman–Crippen MR) is 171 cm³/mol. The van der Waals surface area contributed by atoms with Crippen LogP contribution in [0.1, 0.15) is 25.0 Å². The van der Waals surface area contributed by atoms with E-state index in [0.29, 0.717) is 0 Å². The summed E-state index contributed by atoms with van der Waals surface area (Å²) in [5.41, 5.74) is 10.0. The van der Waals surface area contributed by atoms with Gasteiger partial charge in [0.15, 0.2) is 5.82 Å². The van der Waals surface area contributed by atoms with Gasteiger partial charge in [-0.2, -0.15) is 0 Å². The molecule has 0 aliphatic heterocycles. The van der Waals surface area contributed by atoms with E-state index in [4.69, 9.17) is 9.97 Å². The summed E-state index contributed by atoms with van der Waals surface area (Å²) in [5.74, 6) is 0.761. The van der Waals surface area contributed by atoms with Crippen LogP contribution in [0, 0.1) is 0 Å². The second-order valence-corrected chi connectivity index (χ2v) is 11.4. The van der Waals surface area contributed by atoms with Crippen molar-refractivity contribution in [3.05, 3.63) is 145 Å². The lowest BCUT2D eigenvalue weighted by molar-refractivity contribution is 0.658. The monoisotopic (exact) mass is 524 g/mol. The van der Waals surface area contributed by atoms with Crippen molar-refractivity contribution in [3.63, 3.8) is 0 Å². The molecule has 0 N–H and O–H groups in total. The Bertz CT molecular complexity index is 2120. The lowest BCUT2D eigenvalue weighted by Gasteiger charge is -2.24. The van der Waals surface area contributed by atoms with E-state index in [1.807, 2.05) is 0 Å². The first kappa shape index (κ1) is 23.8. The van der Waals surface area contributed by atoms with Crippen molar-refractivity contribution in [2.45, 2.75) is 19.3 Å². The predicted octanol–water partition coefficient (Wildman–Crippen LogP) is 10.1. The number of aromatic nitrogens is 2. The number of benzene rings is 6. The van der Waals surface area contributed by atoms with Gasteiger partial charge in [-0.3, -0.25) is 0 Å². The molecule has 2 nitrogen and oxygen atoms in total. The summed E-state index contributed by atoms with van der Waals surface area (Å²) in [7, 11) is 0. The van der Waals surface area contributed by atoms with Crippen LogP contribution in [-0.4, -0.2) is 9.97 Å². The molecule has 8 rings (SSSR count). The summed E-state index contributed by atoms with van der Waals surface area (Å²) < 4.78 is 0. The molecule has 1 aliphatic carbocycles. The van der Waals surface area contributed by atoms with E-state index in [9.17, 15) is 0 Å². The van der Waals surface area contributed by atoms with E-state index in [1.165, 1.54) is 44.0 Å². The molecule has 0 saturated carbocycles. The fraction of sp³-hybridized carbons (Fsp3) is 0.0769. The molecule has 0 bridgehead atoms. The van der Waals surface area contributed by atoms with Gasteiger partial charge in [0, 0.05) is 27.7 Å².